The van der Waals surface area contributed by atoms with Crippen LogP contribution in [0.15, 0.2) is 12.7 Å². The lowest BCUT2D eigenvalue weighted by Crippen LogP contribution is -2.34. The van der Waals surface area contributed by atoms with Gasteiger partial charge in [0.15, 0.2) is 0 Å². The van der Waals surface area contributed by atoms with E-state index in [1.807, 2.05) is 6.08 Å². The summed E-state index contributed by atoms with van der Waals surface area (Å²) in [5, 5.41) is 0. The van der Waals surface area contributed by atoms with Gasteiger partial charge in [0.25, 0.3) is 0 Å². The van der Waals surface area contributed by atoms with Gasteiger partial charge < -0.3 is 10.5 Å². The van der Waals surface area contributed by atoms with Gasteiger partial charge >= 0.3 is 0 Å². The number of nitrogens with two attached hydrogens (primary N) is 1. The molecule has 1 heterocycles. The lowest BCUT2D eigenvalue weighted by atomic mass is 9.89. The molecule has 0 saturated carbocycles. The van der Waals surface area contributed by atoms with Gasteiger partial charge in [0, 0.05) is 18.6 Å². The Balaban J connectivity index is 2.35. The standard InChI is InChI=1S/C11H21NO/c1-3-5-6-10(12)9-7-8-13-11(9)4-2/h3,9-11H,1,4-8,12H2,2H3. The van der Waals surface area contributed by atoms with Crippen LogP contribution in [0.2, 0.25) is 0 Å². The van der Waals surface area contributed by atoms with Crippen molar-refractivity contribution < 1.29 is 4.74 Å². The molecule has 13 heavy (non-hydrogen) atoms. The molecular formula is C11H21NO. The molecule has 76 valence electrons. The zero-order valence-corrected chi connectivity index (χ0v) is 8.54. The van der Waals surface area contributed by atoms with Gasteiger partial charge in [0.2, 0.25) is 0 Å². The Bertz CT molecular complexity index is 158. The van der Waals surface area contributed by atoms with E-state index in [9.17, 15) is 0 Å². The van der Waals surface area contributed by atoms with Crippen molar-refractivity contribution in [2.75, 3.05) is 6.61 Å². The van der Waals surface area contributed by atoms with Crippen LogP contribution in [0.25, 0.3) is 0 Å². The summed E-state index contributed by atoms with van der Waals surface area (Å²) in [7, 11) is 0. The van der Waals surface area contributed by atoms with Crippen molar-refractivity contribution in [1.29, 1.82) is 0 Å². The highest BCUT2D eigenvalue weighted by Crippen LogP contribution is 2.27. The minimum absolute atomic E-state index is 0.297. The Hall–Kier alpha value is -0.340. The van der Waals surface area contributed by atoms with Crippen LogP contribution in [0.5, 0.6) is 0 Å². The largest absolute Gasteiger partial charge is 0.378 e. The highest BCUT2D eigenvalue weighted by molar-refractivity contribution is 4.85. The molecule has 1 rings (SSSR count). The van der Waals surface area contributed by atoms with Crippen LogP contribution in [0.4, 0.5) is 0 Å². The van der Waals surface area contributed by atoms with Crippen molar-refractivity contribution >= 4 is 0 Å². The third-order valence-corrected chi connectivity index (χ3v) is 2.92. The van der Waals surface area contributed by atoms with Crippen LogP contribution in [0.1, 0.15) is 32.6 Å². The van der Waals surface area contributed by atoms with Crippen molar-refractivity contribution in [3.63, 3.8) is 0 Å². The number of hydrogen-bond donors (Lipinski definition) is 1. The quantitative estimate of drug-likeness (QED) is 0.662. The minimum atomic E-state index is 0.297. The second-order valence-electron chi connectivity index (χ2n) is 3.80. The van der Waals surface area contributed by atoms with E-state index in [0.717, 1.165) is 32.3 Å². The summed E-state index contributed by atoms with van der Waals surface area (Å²) < 4.78 is 5.61. The van der Waals surface area contributed by atoms with Gasteiger partial charge in [-0.1, -0.05) is 13.0 Å². The predicted molar refractivity (Wildman–Crippen MR) is 55.5 cm³/mol. The zero-order chi connectivity index (χ0) is 9.68. The van der Waals surface area contributed by atoms with Crippen LogP contribution in [0.3, 0.4) is 0 Å². The summed E-state index contributed by atoms with van der Waals surface area (Å²) in [6, 6.07) is 0.297. The number of rotatable bonds is 5. The van der Waals surface area contributed by atoms with Gasteiger partial charge in [0.1, 0.15) is 0 Å². The van der Waals surface area contributed by atoms with E-state index in [1.54, 1.807) is 0 Å². The van der Waals surface area contributed by atoms with Crippen molar-refractivity contribution in [2.24, 2.45) is 11.7 Å². The smallest absolute Gasteiger partial charge is 0.0616 e. The van der Waals surface area contributed by atoms with Gasteiger partial charge in [-0.25, -0.2) is 0 Å². The molecule has 0 amide bonds. The van der Waals surface area contributed by atoms with E-state index < -0.39 is 0 Å². The first-order valence-electron chi connectivity index (χ1n) is 5.27. The molecule has 1 aliphatic heterocycles. The van der Waals surface area contributed by atoms with Gasteiger partial charge in [-0.15, -0.1) is 6.58 Å². The Morgan fingerprint density at radius 3 is 3.08 bits per heavy atom. The summed E-state index contributed by atoms with van der Waals surface area (Å²) in [5.41, 5.74) is 6.10. The average molecular weight is 183 g/mol. The molecule has 1 saturated heterocycles. The van der Waals surface area contributed by atoms with E-state index in [4.69, 9.17) is 10.5 Å². The van der Waals surface area contributed by atoms with Gasteiger partial charge in [0.05, 0.1) is 6.10 Å². The van der Waals surface area contributed by atoms with Gasteiger partial charge in [-0.2, -0.15) is 0 Å². The second kappa shape index (κ2) is 5.40. The summed E-state index contributed by atoms with van der Waals surface area (Å²) in [6.07, 6.45) is 6.64. The Morgan fingerprint density at radius 1 is 1.69 bits per heavy atom. The molecular weight excluding hydrogens is 162 g/mol. The molecule has 0 aromatic carbocycles. The Kier molecular flexibility index (Phi) is 4.46. The van der Waals surface area contributed by atoms with Crippen molar-refractivity contribution in [1.82, 2.24) is 0 Å². The number of hydrogen-bond acceptors (Lipinski definition) is 2. The van der Waals surface area contributed by atoms with Crippen molar-refractivity contribution in [3.8, 4) is 0 Å². The van der Waals surface area contributed by atoms with Crippen LogP contribution >= 0.6 is 0 Å². The van der Waals surface area contributed by atoms with E-state index in [0.29, 0.717) is 18.1 Å². The summed E-state index contributed by atoms with van der Waals surface area (Å²) >= 11 is 0. The topological polar surface area (TPSA) is 35.2 Å². The molecule has 3 unspecified atom stereocenters. The molecule has 2 N–H and O–H groups in total. The molecule has 0 aromatic heterocycles. The fourth-order valence-electron chi connectivity index (χ4n) is 2.10. The van der Waals surface area contributed by atoms with Crippen LogP contribution in [-0.2, 0) is 4.74 Å². The fourth-order valence-corrected chi connectivity index (χ4v) is 2.10. The molecule has 1 fully saturated rings. The van der Waals surface area contributed by atoms with E-state index in [-0.39, 0.29) is 0 Å². The highest BCUT2D eigenvalue weighted by Gasteiger charge is 2.30. The fraction of sp³-hybridized carbons (Fsp3) is 0.818. The zero-order valence-electron chi connectivity index (χ0n) is 8.54. The Morgan fingerprint density at radius 2 is 2.46 bits per heavy atom. The van der Waals surface area contributed by atoms with E-state index in [2.05, 4.69) is 13.5 Å². The summed E-state index contributed by atoms with van der Waals surface area (Å²) in [4.78, 5) is 0. The maximum absolute atomic E-state index is 6.10. The average Bonchev–Trinajstić information content (AvgIpc) is 2.61. The van der Waals surface area contributed by atoms with Crippen molar-refractivity contribution in [2.45, 2.75) is 44.8 Å². The first-order chi connectivity index (χ1) is 6.29. The SMILES string of the molecule is C=CCCC(N)C1CCOC1CC. The molecule has 0 spiro atoms. The molecule has 0 aromatic rings. The summed E-state index contributed by atoms with van der Waals surface area (Å²) in [6.45, 7) is 6.78. The lowest BCUT2D eigenvalue weighted by molar-refractivity contribution is 0.0807. The monoisotopic (exact) mass is 183 g/mol. The third kappa shape index (κ3) is 2.82. The molecule has 0 radical (unpaired) electrons. The number of ether oxygens (including phenoxy) is 1. The molecule has 1 aliphatic rings. The van der Waals surface area contributed by atoms with Crippen LogP contribution < -0.4 is 5.73 Å². The Labute approximate surface area is 81.1 Å². The first-order valence-corrected chi connectivity index (χ1v) is 5.27. The normalized spacial score (nSPS) is 30.3. The molecule has 3 atom stereocenters. The minimum Gasteiger partial charge on any atom is -0.378 e. The maximum Gasteiger partial charge on any atom is 0.0616 e. The molecule has 0 bridgehead atoms. The van der Waals surface area contributed by atoms with Crippen LogP contribution in [0, 0.1) is 5.92 Å². The van der Waals surface area contributed by atoms with Gasteiger partial charge in [-0.05, 0) is 25.7 Å². The predicted octanol–water partition coefficient (Wildman–Crippen LogP) is 2.09. The molecule has 2 nitrogen and oxygen atoms in total. The van der Waals surface area contributed by atoms with E-state index >= 15 is 0 Å². The third-order valence-electron chi connectivity index (χ3n) is 2.92. The molecule has 2 heteroatoms. The second-order valence-corrected chi connectivity index (χ2v) is 3.80. The van der Waals surface area contributed by atoms with Crippen molar-refractivity contribution in [3.05, 3.63) is 12.7 Å². The van der Waals surface area contributed by atoms with Gasteiger partial charge in [-0.3, -0.25) is 0 Å². The van der Waals surface area contributed by atoms with Crippen LogP contribution in [-0.4, -0.2) is 18.8 Å². The highest BCUT2D eigenvalue weighted by atomic mass is 16.5. The molecule has 0 aliphatic carbocycles. The van der Waals surface area contributed by atoms with E-state index in [1.165, 1.54) is 0 Å². The first kappa shape index (κ1) is 10.7. The summed E-state index contributed by atoms with van der Waals surface area (Å²) in [5.74, 6) is 0.574. The number of allylic oxidation sites excluding steroid dienone is 1. The maximum atomic E-state index is 6.10. The lowest BCUT2D eigenvalue weighted by Gasteiger charge is -2.23.